The molecule has 0 saturated heterocycles. The maximum atomic E-state index is 12.2. The standard InChI is InChI=1S/C18H20N2OS/c1-13-4-2-5-15(10-13)20-18(21)12-16-11-14(7-8-19-16)17-6-3-9-22-17/h2-7,9-10,16,19H,8,11-12H2,1H3,(H,20,21). The molecule has 0 fully saturated rings. The summed E-state index contributed by atoms with van der Waals surface area (Å²) in [5.41, 5.74) is 3.37. The summed E-state index contributed by atoms with van der Waals surface area (Å²) in [6.45, 7) is 2.85. The minimum absolute atomic E-state index is 0.0653. The number of carbonyl (C=O) groups is 1. The topological polar surface area (TPSA) is 41.1 Å². The minimum atomic E-state index is 0.0653. The van der Waals surface area contributed by atoms with Crippen molar-refractivity contribution < 1.29 is 4.79 Å². The lowest BCUT2D eigenvalue weighted by molar-refractivity contribution is -0.116. The Morgan fingerprint density at radius 2 is 2.27 bits per heavy atom. The molecule has 0 aliphatic carbocycles. The number of rotatable bonds is 4. The summed E-state index contributed by atoms with van der Waals surface area (Å²) < 4.78 is 0. The molecule has 114 valence electrons. The second-order valence-electron chi connectivity index (χ2n) is 5.64. The van der Waals surface area contributed by atoms with Gasteiger partial charge in [0.2, 0.25) is 5.91 Å². The molecule has 3 rings (SSSR count). The van der Waals surface area contributed by atoms with Gasteiger partial charge in [-0.3, -0.25) is 4.79 Å². The largest absolute Gasteiger partial charge is 0.326 e. The van der Waals surface area contributed by atoms with Gasteiger partial charge in [-0.25, -0.2) is 0 Å². The maximum absolute atomic E-state index is 12.2. The highest BCUT2D eigenvalue weighted by Gasteiger charge is 2.19. The Balaban J connectivity index is 1.57. The first-order chi connectivity index (χ1) is 10.7. The van der Waals surface area contributed by atoms with Crippen molar-refractivity contribution in [3.05, 3.63) is 58.3 Å². The van der Waals surface area contributed by atoms with Crippen molar-refractivity contribution in [2.45, 2.75) is 25.8 Å². The molecule has 4 heteroatoms. The number of hydrogen-bond donors (Lipinski definition) is 2. The van der Waals surface area contributed by atoms with E-state index in [0.29, 0.717) is 6.42 Å². The molecular formula is C18H20N2OS. The third kappa shape index (κ3) is 3.84. The zero-order valence-corrected chi connectivity index (χ0v) is 13.5. The van der Waals surface area contributed by atoms with E-state index in [1.165, 1.54) is 10.5 Å². The fraction of sp³-hybridized carbons (Fsp3) is 0.278. The molecule has 1 atom stereocenters. The van der Waals surface area contributed by atoms with Crippen molar-refractivity contribution in [3.63, 3.8) is 0 Å². The van der Waals surface area contributed by atoms with Gasteiger partial charge in [0.1, 0.15) is 0 Å². The SMILES string of the molecule is Cc1cccc(NC(=O)CC2CC(c3cccs3)=CCN2)c1. The Labute approximate surface area is 135 Å². The number of nitrogens with one attached hydrogen (secondary N) is 2. The first kappa shape index (κ1) is 15.0. The Kier molecular flexibility index (Phi) is 4.71. The fourth-order valence-corrected chi connectivity index (χ4v) is 3.51. The van der Waals surface area contributed by atoms with E-state index in [-0.39, 0.29) is 11.9 Å². The number of aryl methyl sites for hydroxylation is 1. The van der Waals surface area contributed by atoms with E-state index < -0.39 is 0 Å². The molecule has 1 aliphatic heterocycles. The van der Waals surface area contributed by atoms with Gasteiger partial charge in [0.25, 0.3) is 0 Å². The first-order valence-corrected chi connectivity index (χ1v) is 8.41. The average Bonchev–Trinajstić information content (AvgIpc) is 3.01. The molecule has 0 spiro atoms. The van der Waals surface area contributed by atoms with Gasteiger partial charge in [-0.1, -0.05) is 24.3 Å². The van der Waals surface area contributed by atoms with Crippen LogP contribution in [0.4, 0.5) is 5.69 Å². The van der Waals surface area contributed by atoms with Crippen LogP contribution in [0.3, 0.4) is 0 Å². The Hall–Kier alpha value is -1.91. The van der Waals surface area contributed by atoms with Gasteiger partial charge < -0.3 is 10.6 Å². The van der Waals surface area contributed by atoms with E-state index in [1.807, 2.05) is 31.2 Å². The van der Waals surface area contributed by atoms with Crippen LogP contribution in [0.25, 0.3) is 5.57 Å². The predicted octanol–water partition coefficient (Wildman–Crippen LogP) is 3.83. The van der Waals surface area contributed by atoms with E-state index in [9.17, 15) is 4.79 Å². The third-order valence-electron chi connectivity index (χ3n) is 3.79. The van der Waals surface area contributed by atoms with E-state index >= 15 is 0 Å². The summed E-state index contributed by atoms with van der Waals surface area (Å²) in [6, 6.07) is 12.3. The number of thiophene rings is 1. The number of carbonyl (C=O) groups excluding carboxylic acids is 1. The van der Waals surface area contributed by atoms with Crippen molar-refractivity contribution >= 4 is 28.5 Å². The summed E-state index contributed by atoms with van der Waals surface area (Å²) in [6.07, 6.45) is 3.62. The van der Waals surface area contributed by atoms with Crippen molar-refractivity contribution in [2.24, 2.45) is 0 Å². The molecule has 2 N–H and O–H groups in total. The summed E-state index contributed by atoms with van der Waals surface area (Å²) >= 11 is 1.76. The Bertz CT molecular complexity index is 676. The zero-order valence-electron chi connectivity index (χ0n) is 12.6. The van der Waals surface area contributed by atoms with Gasteiger partial charge in [-0.15, -0.1) is 11.3 Å². The second kappa shape index (κ2) is 6.90. The molecule has 3 nitrogen and oxygen atoms in total. The third-order valence-corrected chi connectivity index (χ3v) is 4.74. The number of hydrogen-bond acceptors (Lipinski definition) is 3. The highest BCUT2D eigenvalue weighted by atomic mass is 32.1. The van der Waals surface area contributed by atoms with E-state index in [2.05, 4.69) is 34.2 Å². The van der Waals surface area contributed by atoms with E-state index in [1.54, 1.807) is 11.3 Å². The molecular weight excluding hydrogens is 292 g/mol. The van der Waals surface area contributed by atoms with Gasteiger partial charge in [0.15, 0.2) is 0 Å². The molecule has 1 aromatic carbocycles. The molecule has 22 heavy (non-hydrogen) atoms. The maximum Gasteiger partial charge on any atom is 0.225 e. The molecule has 1 aromatic heterocycles. The summed E-state index contributed by atoms with van der Waals surface area (Å²) in [4.78, 5) is 13.5. The highest BCUT2D eigenvalue weighted by Crippen LogP contribution is 2.27. The minimum Gasteiger partial charge on any atom is -0.326 e. The van der Waals surface area contributed by atoms with Crippen molar-refractivity contribution in [3.8, 4) is 0 Å². The van der Waals surface area contributed by atoms with Crippen LogP contribution < -0.4 is 10.6 Å². The van der Waals surface area contributed by atoms with Gasteiger partial charge in [-0.05, 0) is 48.1 Å². The molecule has 1 aliphatic rings. The molecule has 2 aromatic rings. The van der Waals surface area contributed by atoms with Crippen molar-refractivity contribution in [2.75, 3.05) is 11.9 Å². The Morgan fingerprint density at radius 1 is 1.36 bits per heavy atom. The number of amides is 1. The van der Waals surface area contributed by atoms with Crippen LogP contribution in [0, 0.1) is 6.92 Å². The van der Waals surface area contributed by atoms with E-state index in [4.69, 9.17) is 0 Å². The lowest BCUT2D eigenvalue weighted by atomic mass is 9.98. The van der Waals surface area contributed by atoms with E-state index in [0.717, 1.165) is 24.2 Å². The summed E-state index contributed by atoms with van der Waals surface area (Å²) in [5, 5.41) is 8.49. The summed E-state index contributed by atoms with van der Waals surface area (Å²) in [7, 11) is 0. The van der Waals surface area contributed by atoms with Crippen LogP contribution in [-0.2, 0) is 4.79 Å². The van der Waals surface area contributed by atoms with Crippen LogP contribution in [0.15, 0.2) is 47.9 Å². The lowest BCUT2D eigenvalue weighted by Gasteiger charge is -2.23. The van der Waals surface area contributed by atoms with Crippen LogP contribution in [0.5, 0.6) is 0 Å². The number of anilines is 1. The fourth-order valence-electron chi connectivity index (χ4n) is 2.74. The smallest absolute Gasteiger partial charge is 0.225 e. The van der Waals surface area contributed by atoms with Gasteiger partial charge >= 0.3 is 0 Å². The molecule has 2 heterocycles. The number of benzene rings is 1. The lowest BCUT2D eigenvalue weighted by Crippen LogP contribution is -2.36. The molecule has 1 unspecified atom stereocenters. The van der Waals surface area contributed by atoms with Crippen molar-refractivity contribution in [1.29, 1.82) is 0 Å². The second-order valence-corrected chi connectivity index (χ2v) is 6.59. The Morgan fingerprint density at radius 3 is 3.05 bits per heavy atom. The van der Waals surface area contributed by atoms with Crippen molar-refractivity contribution in [1.82, 2.24) is 5.32 Å². The van der Waals surface area contributed by atoms with Gasteiger partial charge in [0, 0.05) is 29.6 Å². The quantitative estimate of drug-likeness (QED) is 0.901. The van der Waals surface area contributed by atoms with Crippen LogP contribution in [-0.4, -0.2) is 18.5 Å². The molecule has 1 amide bonds. The molecule has 0 bridgehead atoms. The van der Waals surface area contributed by atoms with Crippen LogP contribution in [0.2, 0.25) is 0 Å². The highest BCUT2D eigenvalue weighted by molar-refractivity contribution is 7.11. The molecule has 0 radical (unpaired) electrons. The monoisotopic (exact) mass is 312 g/mol. The summed E-state index contributed by atoms with van der Waals surface area (Å²) in [5.74, 6) is 0.0653. The van der Waals surface area contributed by atoms with Gasteiger partial charge in [0.05, 0.1) is 0 Å². The zero-order chi connectivity index (χ0) is 15.4. The predicted molar refractivity (Wildman–Crippen MR) is 93.1 cm³/mol. The molecule has 0 saturated carbocycles. The van der Waals surface area contributed by atoms with Crippen LogP contribution in [0.1, 0.15) is 23.3 Å². The van der Waals surface area contributed by atoms with Gasteiger partial charge in [-0.2, -0.15) is 0 Å². The van der Waals surface area contributed by atoms with Crippen LogP contribution >= 0.6 is 11.3 Å². The first-order valence-electron chi connectivity index (χ1n) is 7.53. The normalized spacial score (nSPS) is 17.9. The average molecular weight is 312 g/mol.